The van der Waals surface area contributed by atoms with Gasteiger partial charge in [-0.1, -0.05) is 17.3 Å². The van der Waals surface area contributed by atoms with E-state index in [1.54, 1.807) is 12.1 Å². The van der Waals surface area contributed by atoms with Gasteiger partial charge in [-0.25, -0.2) is 9.07 Å². The Balaban J connectivity index is 1.62. The van der Waals surface area contributed by atoms with Crippen molar-refractivity contribution >= 4 is 0 Å². The van der Waals surface area contributed by atoms with Crippen molar-refractivity contribution in [3.8, 4) is 0 Å². The molecule has 1 aliphatic heterocycles. The van der Waals surface area contributed by atoms with E-state index in [2.05, 4.69) is 36.0 Å². The van der Waals surface area contributed by atoms with Crippen LogP contribution in [0.3, 0.4) is 0 Å². The molecular weight excluding hydrogens is 319 g/mol. The highest BCUT2D eigenvalue weighted by molar-refractivity contribution is 5.18. The molecule has 0 amide bonds. The van der Waals surface area contributed by atoms with Crippen LogP contribution in [-0.4, -0.2) is 37.6 Å². The zero-order chi connectivity index (χ0) is 18.0. The average molecular weight is 346 g/mol. The Kier molecular flexibility index (Phi) is 5.20. The Hall–Kier alpha value is -1.79. The molecule has 1 saturated heterocycles. The number of aromatic nitrogens is 3. The second-order valence-corrected chi connectivity index (χ2v) is 7.89. The molecule has 0 bridgehead atoms. The summed E-state index contributed by atoms with van der Waals surface area (Å²) in [5.74, 6) is -0.277. The lowest BCUT2D eigenvalue weighted by Gasteiger charge is -2.25. The zero-order valence-corrected chi connectivity index (χ0v) is 15.2. The molecular formula is C19H27FN4O. The number of likely N-dealkylation sites (tertiary alicyclic amines) is 1. The molecule has 2 aromatic rings. The Morgan fingerprint density at radius 1 is 1.28 bits per heavy atom. The first kappa shape index (κ1) is 18.0. The van der Waals surface area contributed by atoms with E-state index in [1.807, 2.05) is 10.9 Å². The fraction of sp³-hybridized carbons (Fsp3) is 0.579. The summed E-state index contributed by atoms with van der Waals surface area (Å²) in [7, 11) is 0. The van der Waals surface area contributed by atoms with Crippen molar-refractivity contribution in [2.45, 2.75) is 64.3 Å². The number of benzene rings is 1. The van der Waals surface area contributed by atoms with E-state index < -0.39 is 6.10 Å². The van der Waals surface area contributed by atoms with Crippen molar-refractivity contribution in [1.29, 1.82) is 0 Å². The van der Waals surface area contributed by atoms with Crippen molar-refractivity contribution < 1.29 is 9.50 Å². The highest BCUT2D eigenvalue weighted by Gasteiger charge is 2.28. The summed E-state index contributed by atoms with van der Waals surface area (Å²) in [6.07, 6.45) is 4.27. The van der Waals surface area contributed by atoms with Gasteiger partial charge in [0.15, 0.2) is 0 Å². The molecule has 0 radical (unpaired) electrons. The second-order valence-electron chi connectivity index (χ2n) is 7.89. The summed E-state index contributed by atoms with van der Waals surface area (Å²) in [6, 6.07) is 6.42. The predicted octanol–water partition coefficient (Wildman–Crippen LogP) is 3.26. The van der Waals surface area contributed by atoms with Crippen LogP contribution >= 0.6 is 0 Å². The van der Waals surface area contributed by atoms with Crippen molar-refractivity contribution in [1.82, 2.24) is 19.9 Å². The lowest BCUT2D eigenvalue weighted by Crippen LogP contribution is -2.30. The molecule has 5 nitrogen and oxygen atoms in total. The minimum Gasteiger partial charge on any atom is -0.388 e. The van der Waals surface area contributed by atoms with Crippen LogP contribution in [0.2, 0.25) is 0 Å². The van der Waals surface area contributed by atoms with Crippen LogP contribution < -0.4 is 0 Å². The lowest BCUT2D eigenvalue weighted by molar-refractivity contribution is 0.117. The van der Waals surface area contributed by atoms with Crippen LogP contribution in [0.4, 0.5) is 4.39 Å². The van der Waals surface area contributed by atoms with E-state index in [1.165, 1.54) is 12.1 Å². The molecule has 1 fully saturated rings. The van der Waals surface area contributed by atoms with Crippen molar-refractivity contribution in [3.63, 3.8) is 0 Å². The summed E-state index contributed by atoms with van der Waals surface area (Å²) in [4.78, 5) is 2.36. The van der Waals surface area contributed by atoms with Gasteiger partial charge in [-0.2, -0.15) is 0 Å². The van der Waals surface area contributed by atoms with E-state index >= 15 is 0 Å². The molecule has 2 heterocycles. The molecule has 1 aromatic heterocycles. The Morgan fingerprint density at radius 2 is 2.00 bits per heavy atom. The largest absolute Gasteiger partial charge is 0.388 e. The molecule has 2 unspecified atom stereocenters. The van der Waals surface area contributed by atoms with Crippen LogP contribution in [0.5, 0.6) is 0 Å². The highest BCUT2D eigenvalue weighted by atomic mass is 19.1. The molecule has 2 atom stereocenters. The smallest absolute Gasteiger partial charge is 0.123 e. The first-order valence-corrected chi connectivity index (χ1v) is 8.92. The quantitative estimate of drug-likeness (QED) is 0.903. The maximum atomic E-state index is 13.0. The van der Waals surface area contributed by atoms with Crippen LogP contribution in [0, 0.1) is 5.82 Å². The van der Waals surface area contributed by atoms with E-state index in [9.17, 15) is 9.50 Å². The van der Waals surface area contributed by atoms with Gasteiger partial charge in [0.2, 0.25) is 0 Å². The maximum Gasteiger partial charge on any atom is 0.123 e. The lowest BCUT2D eigenvalue weighted by atomic mass is 10.0. The number of halogens is 1. The minimum absolute atomic E-state index is 0.0750. The number of rotatable bonds is 5. The van der Waals surface area contributed by atoms with Gasteiger partial charge in [0, 0.05) is 12.6 Å². The van der Waals surface area contributed by atoms with Gasteiger partial charge in [0.1, 0.15) is 5.82 Å². The third-order valence-corrected chi connectivity index (χ3v) is 4.84. The van der Waals surface area contributed by atoms with E-state index in [4.69, 9.17) is 0 Å². The van der Waals surface area contributed by atoms with Gasteiger partial charge in [0.05, 0.1) is 23.5 Å². The molecule has 0 aliphatic carbocycles. The van der Waals surface area contributed by atoms with Crippen molar-refractivity contribution in [2.24, 2.45) is 0 Å². The molecule has 1 aromatic carbocycles. The van der Waals surface area contributed by atoms with Crippen LogP contribution in [0.15, 0.2) is 30.5 Å². The number of aliphatic hydroxyl groups is 1. The number of hydrogen-bond donors (Lipinski definition) is 1. The fourth-order valence-electron chi connectivity index (χ4n) is 3.36. The zero-order valence-electron chi connectivity index (χ0n) is 15.2. The summed E-state index contributed by atoms with van der Waals surface area (Å²) in [5, 5.41) is 19.0. The van der Waals surface area contributed by atoms with Crippen molar-refractivity contribution in [2.75, 3.05) is 6.54 Å². The maximum absolute atomic E-state index is 13.0. The molecule has 6 heteroatoms. The molecule has 3 rings (SSSR count). The number of aliphatic hydroxyl groups excluding tert-OH is 1. The van der Waals surface area contributed by atoms with Crippen LogP contribution in [0.1, 0.15) is 57.4 Å². The Labute approximate surface area is 148 Å². The van der Waals surface area contributed by atoms with E-state index in [0.717, 1.165) is 37.2 Å². The molecule has 0 spiro atoms. The van der Waals surface area contributed by atoms with Crippen LogP contribution in [0.25, 0.3) is 0 Å². The monoisotopic (exact) mass is 346 g/mol. The first-order valence-electron chi connectivity index (χ1n) is 8.92. The van der Waals surface area contributed by atoms with E-state index in [0.29, 0.717) is 12.5 Å². The van der Waals surface area contributed by atoms with E-state index in [-0.39, 0.29) is 11.4 Å². The summed E-state index contributed by atoms with van der Waals surface area (Å²) in [6.45, 7) is 8.05. The minimum atomic E-state index is -0.573. The summed E-state index contributed by atoms with van der Waals surface area (Å²) >= 11 is 0. The topological polar surface area (TPSA) is 54.2 Å². The number of hydrogen-bond acceptors (Lipinski definition) is 4. The summed E-state index contributed by atoms with van der Waals surface area (Å²) < 4.78 is 14.9. The highest BCUT2D eigenvalue weighted by Crippen LogP contribution is 2.28. The number of nitrogens with zero attached hydrogens (tertiary/aromatic N) is 4. The van der Waals surface area contributed by atoms with Gasteiger partial charge in [-0.05, 0) is 64.3 Å². The fourth-order valence-corrected chi connectivity index (χ4v) is 3.36. The van der Waals surface area contributed by atoms with Crippen molar-refractivity contribution in [3.05, 3.63) is 47.5 Å². The second kappa shape index (κ2) is 7.22. The Bertz CT molecular complexity index is 692. The predicted molar refractivity (Wildman–Crippen MR) is 94.4 cm³/mol. The Morgan fingerprint density at radius 3 is 2.64 bits per heavy atom. The average Bonchev–Trinajstić information content (AvgIpc) is 3.18. The van der Waals surface area contributed by atoms with Gasteiger partial charge >= 0.3 is 0 Å². The van der Waals surface area contributed by atoms with Gasteiger partial charge in [-0.15, -0.1) is 5.10 Å². The van der Waals surface area contributed by atoms with Gasteiger partial charge in [0.25, 0.3) is 0 Å². The normalized spacial score (nSPS) is 20.1. The first-order chi connectivity index (χ1) is 11.8. The molecule has 1 N–H and O–H groups in total. The third kappa shape index (κ3) is 4.44. The molecule has 25 heavy (non-hydrogen) atoms. The van der Waals surface area contributed by atoms with Gasteiger partial charge in [-0.3, -0.25) is 4.90 Å². The molecule has 136 valence electrons. The third-order valence-electron chi connectivity index (χ3n) is 4.84. The summed E-state index contributed by atoms with van der Waals surface area (Å²) in [5.41, 5.74) is 1.65. The molecule has 0 saturated carbocycles. The SMILES string of the molecule is CC(C)(C)n1cc(CN2CCCC2CC(O)c2ccc(F)cc2)nn1. The van der Waals surface area contributed by atoms with Gasteiger partial charge < -0.3 is 5.11 Å². The van der Waals surface area contributed by atoms with Crippen LogP contribution in [-0.2, 0) is 12.1 Å². The standard InChI is InChI=1S/C19H27FN4O/c1-19(2,3)24-13-16(21-22-24)12-23-10-4-5-17(23)11-18(25)14-6-8-15(20)9-7-14/h6-9,13,17-18,25H,4-5,10-12H2,1-3H3. The molecule has 1 aliphatic rings.